The van der Waals surface area contributed by atoms with E-state index in [1.807, 2.05) is 0 Å². The van der Waals surface area contributed by atoms with Gasteiger partial charge in [0.15, 0.2) is 5.75 Å². The van der Waals surface area contributed by atoms with Crippen LogP contribution in [0.2, 0.25) is 0 Å². The average Bonchev–Trinajstić information content (AvgIpc) is 3.29. The SMILES string of the molecule is COc1ccc(C(=O)Nc2ccccc2-c2nc(-c3cccnc3)no2)cc1[N+](=O)[O-]. The molecule has 154 valence electrons. The summed E-state index contributed by atoms with van der Waals surface area (Å²) in [5.41, 5.74) is 1.39. The molecule has 10 nitrogen and oxygen atoms in total. The fourth-order valence-electron chi connectivity index (χ4n) is 2.89. The van der Waals surface area contributed by atoms with E-state index in [-0.39, 0.29) is 22.9 Å². The zero-order chi connectivity index (χ0) is 21.8. The van der Waals surface area contributed by atoms with Crippen molar-refractivity contribution in [2.24, 2.45) is 0 Å². The van der Waals surface area contributed by atoms with Crippen LogP contribution in [-0.4, -0.2) is 33.1 Å². The van der Waals surface area contributed by atoms with Gasteiger partial charge >= 0.3 is 5.69 Å². The third kappa shape index (κ3) is 4.08. The van der Waals surface area contributed by atoms with Crippen molar-refractivity contribution < 1.29 is 19.0 Å². The quantitative estimate of drug-likeness (QED) is 0.368. The van der Waals surface area contributed by atoms with E-state index in [2.05, 4.69) is 20.4 Å². The number of aromatic nitrogens is 3. The number of amides is 1. The van der Waals surface area contributed by atoms with Gasteiger partial charge in [-0.05, 0) is 36.4 Å². The largest absolute Gasteiger partial charge is 0.490 e. The highest BCUT2D eigenvalue weighted by atomic mass is 16.6. The van der Waals surface area contributed by atoms with E-state index in [0.29, 0.717) is 22.6 Å². The van der Waals surface area contributed by atoms with Crippen LogP contribution in [0.5, 0.6) is 5.75 Å². The van der Waals surface area contributed by atoms with Gasteiger partial charge in [0.05, 0.1) is 23.3 Å². The van der Waals surface area contributed by atoms with E-state index >= 15 is 0 Å². The molecule has 0 unspecified atom stereocenters. The number of anilines is 1. The van der Waals surface area contributed by atoms with E-state index < -0.39 is 10.8 Å². The maximum Gasteiger partial charge on any atom is 0.311 e. The van der Waals surface area contributed by atoms with E-state index in [1.165, 1.54) is 19.2 Å². The van der Waals surface area contributed by atoms with Crippen LogP contribution in [0.4, 0.5) is 11.4 Å². The summed E-state index contributed by atoms with van der Waals surface area (Å²) in [5, 5.41) is 17.9. The van der Waals surface area contributed by atoms with Crippen LogP contribution >= 0.6 is 0 Å². The Balaban J connectivity index is 1.63. The molecule has 0 aliphatic rings. The number of para-hydroxylation sites is 1. The smallest absolute Gasteiger partial charge is 0.311 e. The van der Waals surface area contributed by atoms with Crippen molar-refractivity contribution in [3.8, 4) is 28.6 Å². The summed E-state index contributed by atoms with van der Waals surface area (Å²) in [6, 6.07) is 14.4. The van der Waals surface area contributed by atoms with Gasteiger partial charge in [0.2, 0.25) is 5.82 Å². The molecule has 0 atom stereocenters. The Labute approximate surface area is 175 Å². The number of ether oxygens (including phenoxy) is 1. The van der Waals surface area contributed by atoms with Crippen LogP contribution in [0.15, 0.2) is 71.5 Å². The summed E-state index contributed by atoms with van der Waals surface area (Å²) >= 11 is 0. The number of carbonyl (C=O) groups is 1. The third-order valence-electron chi connectivity index (χ3n) is 4.39. The fourth-order valence-corrected chi connectivity index (χ4v) is 2.89. The number of nitro benzene ring substituents is 1. The van der Waals surface area contributed by atoms with Crippen molar-refractivity contribution >= 4 is 17.3 Å². The standard InChI is InChI=1S/C21H15N5O5/c1-30-18-9-8-13(11-17(18)26(28)29)20(27)23-16-7-3-2-6-15(16)21-24-19(25-31-21)14-5-4-10-22-12-14/h2-12H,1H3,(H,23,27). The molecule has 2 aromatic carbocycles. The first-order valence-electron chi connectivity index (χ1n) is 9.04. The maximum atomic E-state index is 12.7. The number of hydrogen-bond donors (Lipinski definition) is 1. The number of pyridine rings is 1. The Bertz CT molecular complexity index is 1260. The Hall–Kier alpha value is -4.60. The van der Waals surface area contributed by atoms with Crippen LogP contribution in [-0.2, 0) is 0 Å². The first kappa shape index (κ1) is 19.7. The molecule has 2 aromatic heterocycles. The minimum Gasteiger partial charge on any atom is -0.490 e. The molecule has 1 N–H and O–H groups in total. The van der Waals surface area contributed by atoms with Gasteiger partial charge in [0, 0.05) is 29.6 Å². The summed E-state index contributed by atoms with van der Waals surface area (Å²) in [7, 11) is 1.32. The van der Waals surface area contributed by atoms with E-state index in [0.717, 1.165) is 6.07 Å². The van der Waals surface area contributed by atoms with Gasteiger partial charge in [-0.2, -0.15) is 4.98 Å². The molecule has 1 amide bonds. The van der Waals surface area contributed by atoms with Crippen molar-refractivity contribution in [2.45, 2.75) is 0 Å². The minimum absolute atomic E-state index is 0.0655. The second-order valence-corrected chi connectivity index (χ2v) is 6.31. The lowest BCUT2D eigenvalue weighted by Crippen LogP contribution is -2.13. The number of nitro groups is 1. The highest BCUT2D eigenvalue weighted by Crippen LogP contribution is 2.30. The Kier molecular flexibility index (Phi) is 5.35. The van der Waals surface area contributed by atoms with Gasteiger partial charge in [0.1, 0.15) is 0 Å². The normalized spacial score (nSPS) is 10.5. The first-order valence-corrected chi connectivity index (χ1v) is 9.04. The molecule has 31 heavy (non-hydrogen) atoms. The highest BCUT2D eigenvalue weighted by Gasteiger charge is 2.20. The summed E-state index contributed by atoms with van der Waals surface area (Å²) < 4.78 is 10.3. The number of hydrogen-bond acceptors (Lipinski definition) is 8. The molecule has 4 rings (SSSR count). The predicted molar refractivity (Wildman–Crippen MR) is 111 cm³/mol. The van der Waals surface area contributed by atoms with Crippen LogP contribution in [0.3, 0.4) is 0 Å². The zero-order valence-corrected chi connectivity index (χ0v) is 16.2. The number of methoxy groups -OCH3 is 1. The molecule has 0 bridgehead atoms. The lowest BCUT2D eigenvalue weighted by Gasteiger charge is -2.09. The lowest BCUT2D eigenvalue weighted by molar-refractivity contribution is -0.385. The lowest BCUT2D eigenvalue weighted by atomic mass is 10.1. The first-order chi connectivity index (χ1) is 15.1. The third-order valence-corrected chi connectivity index (χ3v) is 4.39. The molecule has 0 aliphatic carbocycles. The summed E-state index contributed by atoms with van der Waals surface area (Å²) in [6.07, 6.45) is 3.25. The van der Waals surface area contributed by atoms with Gasteiger partial charge in [-0.1, -0.05) is 17.3 Å². The Morgan fingerprint density at radius 1 is 1.16 bits per heavy atom. The Morgan fingerprint density at radius 3 is 2.74 bits per heavy atom. The fraction of sp³-hybridized carbons (Fsp3) is 0.0476. The average molecular weight is 417 g/mol. The molecule has 0 radical (unpaired) electrons. The van der Waals surface area contributed by atoms with Crippen LogP contribution in [0.1, 0.15) is 10.4 Å². The van der Waals surface area contributed by atoms with Gasteiger partial charge in [-0.3, -0.25) is 19.9 Å². The second-order valence-electron chi connectivity index (χ2n) is 6.31. The van der Waals surface area contributed by atoms with E-state index in [9.17, 15) is 14.9 Å². The number of benzene rings is 2. The minimum atomic E-state index is -0.609. The molecule has 10 heteroatoms. The molecule has 0 spiro atoms. The molecule has 2 heterocycles. The molecule has 0 aliphatic heterocycles. The van der Waals surface area contributed by atoms with Crippen molar-refractivity contribution in [3.63, 3.8) is 0 Å². The topological polar surface area (TPSA) is 133 Å². The van der Waals surface area contributed by atoms with Crippen LogP contribution in [0, 0.1) is 10.1 Å². The number of nitrogens with zero attached hydrogens (tertiary/aromatic N) is 4. The summed E-state index contributed by atoms with van der Waals surface area (Å²) in [5.74, 6) is 0.0893. The summed E-state index contributed by atoms with van der Waals surface area (Å²) in [6.45, 7) is 0. The van der Waals surface area contributed by atoms with Gasteiger partial charge in [-0.15, -0.1) is 0 Å². The van der Waals surface area contributed by atoms with E-state index in [1.54, 1.807) is 48.8 Å². The second kappa shape index (κ2) is 8.41. The Morgan fingerprint density at radius 2 is 2.00 bits per heavy atom. The monoisotopic (exact) mass is 417 g/mol. The van der Waals surface area contributed by atoms with E-state index in [4.69, 9.17) is 9.26 Å². The molecule has 0 saturated heterocycles. The highest BCUT2D eigenvalue weighted by molar-refractivity contribution is 6.06. The van der Waals surface area contributed by atoms with Gasteiger partial charge in [-0.25, -0.2) is 0 Å². The van der Waals surface area contributed by atoms with Crippen LogP contribution < -0.4 is 10.1 Å². The molecular formula is C21H15N5O5. The van der Waals surface area contributed by atoms with Gasteiger partial charge in [0.25, 0.3) is 11.8 Å². The number of nitrogens with one attached hydrogen (secondary N) is 1. The maximum absolute atomic E-state index is 12.7. The molecular weight excluding hydrogens is 402 g/mol. The predicted octanol–water partition coefficient (Wildman–Crippen LogP) is 3.97. The van der Waals surface area contributed by atoms with Crippen molar-refractivity contribution in [3.05, 3.63) is 82.7 Å². The van der Waals surface area contributed by atoms with Crippen molar-refractivity contribution in [1.82, 2.24) is 15.1 Å². The molecule has 0 saturated carbocycles. The molecule has 4 aromatic rings. The number of rotatable bonds is 6. The van der Waals surface area contributed by atoms with Crippen molar-refractivity contribution in [2.75, 3.05) is 12.4 Å². The van der Waals surface area contributed by atoms with Crippen LogP contribution in [0.25, 0.3) is 22.8 Å². The van der Waals surface area contributed by atoms with Crippen molar-refractivity contribution in [1.29, 1.82) is 0 Å². The van der Waals surface area contributed by atoms with Gasteiger partial charge < -0.3 is 14.6 Å². The molecule has 0 fully saturated rings. The summed E-state index contributed by atoms with van der Waals surface area (Å²) in [4.78, 5) is 31.8. The zero-order valence-electron chi connectivity index (χ0n) is 16.2. The number of carbonyl (C=O) groups excluding carboxylic acids is 1.